The Kier molecular flexibility index (Phi) is 10.6. The lowest BCUT2D eigenvalue weighted by molar-refractivity contribution is -0.117. The van der Waals surface area contributed by atoms with E-state index in [4.69, 9.17) is 30.8 Å². The maximum atomic E-state index is 13.2. The summed E-state index contributed by atoms with van der Waals surface area (Å²) in [4.78, 5) is 28.1. The predicted molar refractivity (Wildman–Crippen MR) is 158 cm³/mol. The third-order valence-electron chi connectivity index (χ3n) is 6.02. The molecule has 0 spiro atoms. The van der Waals surface area contributed by atoms with Crippen LogP contribution in [0.4, 0.5) is 0 Å². The summed E-state index contributed by atoms with van der Waals surface area (Å²) in [5, 5.41) is 6.19. The van der Waals surface area contributed by atoms with Gasteiger partial charge in [-0.15, -0.1) is 0 Å². The number of amides is 2. The van der Waals surface area contributed by atoms with E-state index in [9.17, 15) is 9.59 Å². The van der Waals surface area contributed by atoms with Crippen LogP contribution in [0.15, 0.2) is 75.9 Å². The fourth-order valence-electron chi connectivity index (χ4n) is 3.90. The molecule has 2 heterocycles. The van der Waals surface area contributed by atoms with Gasteiger partial charge in [-0.25, -0.2) is 0 Å². The number of thiocarbonyl (C=S) groups is 1. The molecule has 9 nitrogen and oxygen atoms in total. The van der Waals surface area contributed by atoms with Crippen molar-refractivity contribution >= 4 is 46.2 Å². The molecule has 2 N–H and O–H groups in total. The van der Waals surface area contributed by atoms with Gasteiger partial charge >= 0.3 is 0 Å². The van der Waals surface area contributed by atoms with Crippen LogP contribution in [0.5, 0.6) is 11.5 Å². The Labute approximate surface area is 242 Å². The number of nitrogens with one attached hydrogen (secondary N) is 2. The summed E-state index contributed by atoms with van der Waals surface area (Å²) in [5.41, 5.74) is 1.45. The first-order valence-corrected chi connectivity index (χ1v) is 13.9. The summed E-state index contributed by atoms with van der Waals surface area (Å²) in [6.45, 7) is 3.08. The van der Waals surface area contributed by atoms with Crippen LogP contribution in [0.25, 0.3) is 6.08 Å². The van der Waals surface area contributed by atoms with Crippen molar-refractivity contribution in [3.63, 3.8) is 0 Å². The fourth-order valence-corrected chi connectivity index (χ4v) is 5.09. The summed E-state index contributed by atoms with van der Waals surface area (Å²) >= 11 is 6.88. The van der Waals surface area contributed by atoms with E-state index < -0.39 is 11.8 Å². The van der Waals surface area contributed by atoms with Gasteiger partial charge in [0.15, 0.2) is 16.6 Å². The second-order valence-corrected chi connectivity index (χ2v) is 10.3. The Morgan fingerprint density at radius 3 is 2.50 bits per heavy atom. The Balaban J connectivity index is 1.45. The molecule has 1 aromatic heterocycles. The minimum absolute atomic E-state index is 0.0582. The Morgan fingerprint density at radius 2 is 1.77 bits per heavy atom. The average Bonchev–Trinajstić information content (AvgIpc) is 3.43. The second kappa shape index (κ2) is 14.5. The van der Waals surface area contributed by atoms with Gasteiger partial charge in [0.1, 0.15) is 15.8 Å². The Hall–Kier alpha value is -3.80. The lowest BCUT2D eigenvalue weighted by Crippen LogP contribution is -2.38. The van der Waals surface area contributed by atoms with E-state index in [2.05, 4.69) is 15.5 Å². The highest BCUT2D eigenvalue weighted by molar-refractivity contribution is 8.22. The van der Waals surface area contributed by atoms with Gasteiger partial charge in [0, 0.05) is 31.3 Å². The third kappa shape index (κ3) is 8.10. The molecule has 0 atom stereocenters. The molecule has 1 saturated heterocycles. The van der Waals surface area contributed by atoms with Crippen molar-refractivity contribution in [2.45, 2.75) is 11.5 Å². The van der Waals surface area contributed by atoms with E-state index in [0.29, 0.717) is 58.4 Å². The van der Waals surface area contributed by atoms with E-state index in [1.165, 1.54) is 17.8 Å². The monoisotopic (exact) mass is 581 g/mol. The molecule has 3 aromatic rings. The summed E-state index contributed by atoms with van der Waals surface area (Å²) in [5.74, 6) is 0.800. The van der Waals surface area contributed by atoms with Gasteiger partial charge in [-0.1, -0.05) is 36.5 Å². The second-order valence-electron chi connectivity index (χ2n) is 8.70. The number of thioether (sulfide) groups is 1. The summed E-state index contributed by atoms with van der Waals surface area (Å²) < 4.78 is 22.6. The molecule has 0 bridgehead atoms. The number of carbonyl (C=O) groups is 2. The number of carbonyl (C=O) groups excluding carboxylic acids is 2. The van der Waals surface area contributed by atoms with Gasteiger partial charge in [-0.3, -0.25) is 9.59 Å². The van der Waals surface area contributed by atoms with Gasteiger partial charge in [0.2, 0.25) is 0 Å². The van der Waals surface area contributed by atoms with Gasteiger partial charge in [-0.05, 0) is 60.1 Å². The first kappa shape index (κ1) is 29.2. The number of methoxy groups -OCH3 is 2. The van der Waals surface area contributed by atoms with E-state index in [1.807, 2.05) is 24.3 Å². The molecule has 2 aromatic carbocycles. The molecule has 0 saturated carbocycles. The molecular formula is C29H31N3O6S2. The molecule has 1 aliphatic heterocycles. The number of hydrogen-bond donors (Lipinski definition) is 2. The SMILES string of the molecule is COc1ccc(CCNC(=O)/C(=C/c2ccc(SC(=S)N3CCOCC3)o2)NC(=O)c2ccccc2)cc1OC. The molecular weight excluding hydrogens is 550 g/mol. The minimum atomic E-state index is -0.445. The molecule has 210 valence electrons. The Morgan fingerprint density at radius 1 is 1.02 bits per heavy atom. The lowest BCUT2D eigenvalue weighted by atomic mass is 10.1. The van der Waals surface area contributed by atoms with Crippen LogP contribution in [-0.4, -0.2) is 68.1 Å². The number of benzene rings is 2. The standard InChI is InChI=1S/C29H31N3O6S2/c1-35-24-10-8-20(18-25(24)36-2)12-13-30-28(34)23(31-27(33)21-6-4-3-5-7-21)19-22-9-11-26(38-22)40-29(39)32-14-16-37-17-15-32/h3-11,18-19H,12-17H2,1-2H3,(H,30,34)(H,31,33)/b23-19-. The summed E-state index contributed by atoms with van der Waals surface area (Å²) in [6, 6.07) is 17.8. The lowest BCUT2D eigenvalue weighted by Gasteiger charge is -2.28. The zero-order chi connectivity index (χ0) is 28.3. The van der Waals surface area contributed by atoms with Crippen molar-refractivity contribution in [1.82, 2.24) is 15.5 Å². The highest BCUT2D eigenvalue weighted by Gasteiger charge is 2.18. The van der Waals surface area contributed by atoms with Crippen molar-refractivity contribution in [2.75, 3.05) is 47.1 Å². The molecule has 11 heteroatoms. The largest absolute Gasteiger partial charge is 0.493 e. The van der Waals surface area contributed by atoms with Crippen LogP contribution < -0.4 is 20.1 Å². The number of morpholine rings is 1. The van der Waals surface area contributed by atoms with Gasteiger partial charge < -0.3 is 34.2 Å². The summed E-state index contributed by atoms with van der Waals surface area (Å²) in [6.07, 6.45) is 2.06. The van der Waals surface area contributed by atoms with E-state index in [-0.39, 0.29) is 5.70 Å². The maximum Gasteiger partial charge on any atom is 0.267 e. The van der Waals surface area contributed by atoms with Crippen molar-refractivity contribution in [3.8, 4) is 11.5 Å². The van der Waals surface area contributed by atoms with Crippen LogP contribution >= 0.6 is 24.0 Å². The van der Waals surface area contributed by atoms with Crippen molar-refractivity contribution in [2.24, 2.45) is 0 Å². The number of hydrogen-bond acceptors (Lipinski definition) is 8. The van der Waals surface area contributed by atoms with Gasteiger partial charge in [0.05, 0.1) is 27.4 Å². The van der Waals surface area contributed by atoms with Gasteiger partial charge in [0.25, 0.3) is 11.8 Å². The number of nitrogens with zero attached hydrogens (tertiary/aromatic N) is 1. The van der Waals surface area contributed by atoms with Crippen molar-refractivity contribution in [1.29, 1.82) is 0 Å². The molecule has 40 heavy (non-hydrogen) atoms. The first-order valence-electron chi connectivity index (χ1n) is 12.7. The normalized spacial score (nSPS) is 13.4. The van der Waals surface area contributed by atoms with Gasteiger partial charge in [-0.2, -0.15) is 0 Å². The molecule has 0 radical (unpaired) electrons. The maximum absolute atomic E-state index is 13.2. The molecule has 0 aliphatic carbocycles. The zero-order valence-corrected chi connectivity index (χ0v) is 23.9. The number of ether oxygens (including phenoxy) is 3. The molecule has 1 aliphatic rings. The molecule has 0 unspecified atom stereocenters. The third-order valence-corrected chi connectivity index (χ3v) is 7.38. The van der Waals surface area contributed by atoms with Crippen molar-refractivity contribution < 1.29 is 28.2 Å². The predicted octanol–water partition coefficient (Wildman–Crippen LogP) is 4.14. The fraction of sp³-hybridized carbons (Fsp3) is 0.276. The Bertz CT molecular complexity index is 1350. The van der Waals surface area contributed by atoms with Crippen LogP contribution in [0, 0.1) is 0 Å². The summed E-state index contributed by atoms with van der Waals surface area (Å²) in [7, 11) is 3.15. The molecule has 4 rings (SSSR count). The smallest absolute Gasteiger partial charge is 0.267 e. The van der Waals surface area contributed by atoms with E-state index in [1.54, 1.807) is 50.6 Å². The topological polar surface area (TPSA) is 102 Å². The number of furan rings is 1. The zero-order valence-electron chi connectivity index (χ0n) is 22.3. The van der Waals surface area contributed by atoms with E-state index >= 15 is 0 Å². The van der Waals surface area contributed by atoms with E-state index in [0.717, 1.165) is 18.7 Å². The van der Waals surface area contributed by atoms with Crippen LogP contribution in [0.2, 0.25) is 0 Å². The highest BCUT2D eigenvalue weighted by atomic mass is 32.2. The van der Waals surface area contributed by atoms with Crippen LogP contribution in [0.1, 0.15) is 21.7 Å². The van der Waals surface area contributed by atoms with Crippen LogP contribution in [-0.2, 0) is 16.0 Å². The van der Waals surface area contributed by atoms with Crippen molar-refractivity contribution in [3.05, 3.63) is 83.2 Å². The average molecular weight is 582 g/mol. The minimum Gasteiger partial charge on any atom is -0.493 e. The molecule has 2 amide bonds. The quantitative estimate of drug-likeness (QED) is 0.208. The first-order chi connectivity index (χ1) is 19.5. The molecule has 1 fully saturated rings. The number of rotatable bonds is 10. The van der Waals surface area contributed by atoms with Crippen LogP contribution in [0.3, 0.4) is 0 Å². The highest BCUT2D eigenvalue weighted by Crippen LogP contribution is 2.28.